The minimum atomic E-state index is -0.417. The third kappa shape index (κ3) is 0.763. The van der Waals surface area contributed by atoms with Crippen LogP contribution in [0.5, 0.6) is 0 Å². The summed E-state index contributed by atoms with van der Waals surface area (Å²) in [6.45, 7) is 0. The summed E-state index contributed by atoms with van der Waals surface area (Å²) in [7, 11) is 3.79. The minimum absolute atomic E-state index is 0.417. The van der Waals surface area contributed by atoms with Crippen molar-refractivity contribution in [3.8, 4) is 0 Å². The summed E-state index contributed by atoms with van der Waals surface area (Å²) in [6, 6.07) is 0. The van der Waals surface area contributed by atoms with Crippen molar-refractivity contribution in [2.24, 2.45) is 0 Å². The minimum Gasteiger partial charge on any atom is -0.376 e. The molecule has 1 aliphatic carbocycles. The summed E-state index contributed by atoms with van der Waals surface area (Å²) >= 11 is 0. The molecule has 0 aliphatic heterocycles. The van der Waals surface area contributed by atoms with Crippen LogP contribution in [-0.4, -0.2) is 29.8 Å². The van der Waals surface area contributed by atoms with Gasteiger partial charge in [0.05, 0.1) is 0 Å². The average Bonchev–Trinajstić information content (AvgIpc) is 2.21. The summed E-state index contributed by atoms with van der Waals surface area (Å²) in [4.78, 5) is 1.85. The van der Waals surface area contributed by atoms with Gasteiger partial charge in [0, 0.05) is 0 Å². The number of hydrogen-bond acceptors (Lipinski definition) is 2. The number of nitrogens with zero attached hydrogens (tertiary/aromatic N) is 1. The highest BCUT2D eigenvalue weighted by molar-refractivity contribution is 4.89. The van der Waals surface area contributed by atoms with Gasteiger partial charge in [-0.15, -0.1) is 0 Å². The summed E-state index contributed by atoms with van der Waals surface area (Å²) in [6.07, 6.45) is 1.89. The van der Waals surface area contributed by atoms with Crippen LogP contribution in [0.15, 0.2) is 0 Å². The lowest BCUT2D eigenvalue weighted by Crippen LogP contribution is -2.28. The summed E-state index contributed by atoms with van der Waals surface area (Å²) < 4.78 is 0. The zero-order valence-electron chi connectivity index (χ0n) is 4.81. The van der Waals surface area contributed by atoms with E-state index in [1.165, 1.54) is 0 Å². The van der Waals surface area contributed by atoms with E-state index in [0.29, 0.717) is 0 Å². The lowest BCUT2D eigenvalue weighted by molar-refractivity contribution is 0.0138. The second kappa shape index (κ2) is 1.20. The second-order valence-electron chi connectivity index (χ2n) is 2.38. The molecule has 1 aliphatic rings. The lowest BCUT2D eigenvalue weighted by atomic mass is 10.5. The van der Waals surface area contributed by atoms with Crippen molar-refractivity contribution in [1.82, 2.24) is 4.90 Å². The normalized spacial score (nSPS) is 25.7. The lowest BCUT2D eigenvalue weighted by Gasteiger charge is -2.15. The van der Waals surface area contributed by atoms with Crippen LogP contribution in [0, 0.1) is 0 Å². The fraction of sp³-hybridized carbons (Fsp3) is 1.00. The zero-order valence-corrected chi connectivity index (χ0v) is 4.81. The van der Waals surface area contributed by atoms with Crippen molar-refractivity contribution in [3.05, 3.63) is 0 Å². The van der Waals surface area contributed by atoms with E-state index in [1.54, 1.807) is 0 Å². The number of rotatable bonds is 1. The second-order valence-corrected chi connectivity index (χ2v) is 2.38. The molecular formula is C5H11NO. The Labute approximate surface area is 43.7 Å². The topological polar surface area (TPSA) is 23.5 Å². The van der Waals surface area contributed by atoms with Gasteiger partial charge < -0.3 is 5.11 Å². The Bertz CT molecular complexity index is 76.1. The Balaban J connectivity index is 2.39. The molecule has 0 unspecified atom stereocenters. The molecule has 0 spiro atoms. The van der Waals surface area contributed by atoms with Crippen LogP contribution < -0.4 is 0 Å². The molecule has 1 saturated carbocycles. The molecule has 0 aromatic carbocycles. The van der Waals surface area contributed by atoms with Gasteiger partial charge in [-0.2, -0.15) is 0 Å². The van der Waals surface area contributed by atoms with Crippen molar-refractivity contribution >= 4 is 0 Å². The molecule has 0 aromatic rings. The van der Waals surface area contributed by atoms with E-state index in [9.17, 15) is 0 Å². The third-order valence-electron chi connectivity index (χ3n) is 1.53. The quantitative estimate of drug-likeness (QED) is 0.471. The van der Waals surface area contributed by atoms with Gasteiger partial charge in [0.15, 0.2) is 0 Å². The van der Waals surface area contributed by atoms with Gasteiger partial charge in [0.25, 0.3) is 0 Å². The first kappa shape index (κ1) is 5.06. The van der Waals surface area contributed by atoms with Gasteiger partial charge in [0.2, 0.25) is 0 Å². The molecule has 1 rings (SSSR count). The Morgan fingerprint density at radius 3 is 1.86 bits per heavy atom. The first-order valence-electron chi connectivity index (χ1n) is 2.55. The predicted octanol–water partition coefficient (Wildman–Crippen LogP) is 0.0304. The predicted molar refractivity (Wildman–Crippen MR) is 27.9 cm³/mol. The summed E-state index contributed by atoms with van der Waals surface area (Å²) in [5, 5.41) is 9.13. The summed E-state index contributed by atoms with van der Waals surface area (Å²) in [5.41, 5.74) is -0.417. The Morgan fingerprint density at radius 1 is 1.43 bits per heavy atom. The molecule has 2 heteroatoms. The van der Waals surface area contributed by atoms with Crippen molar-refractivity contribution in [3.63, 3.8) is 0 Å². The molecule has 0 saturated heterocycles. The molecule has 0 radical (unpaired) electrons. The smallest absolute Gasteiger partial charge is 0.118 e. The molecule has 1 fully saturated rings. The van der Waals surface area contributed by atoms with E-state index >= 15 is 0 Å². The van der Waals surface area contributed by atoms with Crippen molar-refractivity contribution in [2.45, 2.75) is 18.6 Å². The maximum Gasteiger partial charge on any atom is 0.118 e. The molecule has 0 bridgehead atoms. The van der Waals surface area contributed by atoms with E-state index in [4.69, 9.17) is 5.11 Å². The highest BCUT2D eigenvalue weighted by Crippen LogP contribution is 2.36. The molecular weight excluding hydrogens is 90.1 g/mol. The van der Waals surface area contributed by atoms with Gasteiger partial charge in [-0.3, -0.25) is 4.90 Å². The largest absolute Gasteiger partial charge is 0.376 e. The molecule has 7 heavy (non-hydrogen) atoms. The Hall–Kier alpha value is -0.0800. The molecule has 42 valence electrons. The van der Waals surface area contributed by atoms with Gasteiger partial charge in [-0.25, -0.2) is 0 Å². The average molecular weight is 101 g/mol. The Morgan fingerprint density at radius 2 is 1.86 bits per heavy atom. The molecule has 0 atom stereocenters. The van der Waals surface area contributed by atoms with Gasteiger partial charge in [-0.05, 0) is 26.9 Å². The maximum absolute atomic E-state index is 9.13. The molecule has 0 amide bonds. The summed E-state index contributed by atoms with van der Waals surface area (Å²) in [5.74, 6) is 0. The van der Waals surface area contributed by atoms with E-state index in [2.05, 4.69) is 0 Å². The van der Waals surface area contributed by atoms with Crippen molar-refractivity contribution < 1.29 is 5.11 Å². The number of aliphatic hydroxyl groups is 1. The highest BCUT2D eigenvalue weighted by Gasteiger charge is 2.42. The van der Waals surface area contributed by atoms with Crippen LogP contribution in [0.2, 0.25) is 0 Å². The van der Waals surface area contributed by atoms with Crippen LogP contribution in [0.4, 0.5) is 0 Å². The Kier molecular flexibility index (Phi) is 0.869. The molecule has 2 nitrogen and oxygen atoms in total. The molecule has 1 N–H and O–H groups in total. The van der Waals surface area contributed by atoms with E-state index in [1.807, 2.05) is 19.0 Å². The van der Waals surface area contributed by atoms with Crippen LogP contribution in [0.25, 0.3) is 0 Å². The standard InChI is InChI=1S/C5H11NO/c1-6(2)5(7)3-4-5/h7H,3-4H2,1-2H3. The van der Waals surface area contributed by atoms with Gasteiger partial charge in [0.1, 0.15) is 5.72 Å². The van der Waals surface area contributed by atoms with Crippen LogP contribution in [-0.2, 0) is 0 Å². The number of hydrogen-bond donors (Lipinski definition) is 1. The van der Waals surface area contributed by atoms with Gasteiger partial charge in [-0.1, -0.05) is 0 Å². The van der Waals surface area contributed by atoms with E-state index < -0.39 is 5.72 Å². The van der Waals surface area contributed by atoms with Crippen LogP contribution >= 0.6 is 0 Å². The fourth-order valence-corrected chi connectivity index (χ4v) is 0.559. The fourth-order valence-electron chi connectivity index (χ4n) is 0.559. The zero-order chi connectivity index (χ0) is 5.49. The van der Waals surface area contributed by atoms with E-state index in [0.717, 1.165) is 12.8 Å². The van der Waals surface area contributed by atoms with E-state index in [-0.39, 0.29) is 0 Å². The van der Waals surface area contributed by atoms with Gasteiger partial charge >= 0.3 is 0 Å². The highest BCUT2D eigenvalue weighted by atomic mass is 16.3. The van der Waals surface area contributed by atoms with Crippen LogP contribution in [0.1, 0.15) is 12.8 Å². The van der Waals surface area contributed by atoms with Crippen molar-refractivity contribution in [1.29, 1.82) is 0 Å². The SMILES string of the molecule is CN(C)C1(O)CC1. The first-order chi connectivity index (χ1) is 3.15. The molecule has 0 aromatic heterocycles. The van der Waals surface area contributed by atoms with Crippen molar-refractivity contribution in [2.75, 3.05) is 14.1 Å². The maximum atomic E-state index is 9.13. The third-order valence-corrected chi connectivity index (χ3v) is 1.53. The van der Waals surface area contributed by atoms with Crippen LogP contribution in [0.3, 0.4) is 0 Å². The first-order valence-corrected chi connectivity index (χ1v) is 2.55. The molecule has 0 heterocycles. The monoisotopic (exact) mass is 101 g/mol.